The molecule has 0 unspecified atom stereocenters. The number of carboxylic acid groups (broad SMARTS) is 1. The second-order valence-corrected chi connectivity index (χ2v) is 4.38. The SMILES string of the molecule is COc1cccc(C(=O)N[C@H](Cc2cnc[nH]2)C(=O)O)c1. The smallest absolute Gasteiger partial charge is 0.326 e. The van der Waals surface area contributed by atoms with Crippen LogP contribution in [0.5, 0.6) is 5.75 Å². The van der Waals surface area contributed by atoms with E-state index in [0.29, 0.717) is 17.0 Å². The maximum atomic E-state index is 12.1. The maximum absolute atomic E-state index is 12.1. The monoisotopic (exact) mass is 289 g/mol. The summed E-state index contributed by atoms with van der Waals surface area (Å²) < 4.78 is 5.03. The summed E-state index contributed by atoms with van der Waals surface area (Å²) in [4.78, 5) is 30.0. The molecule has 1 aromatic heterocycles. The molecular weight excluding hydrogens is 274 g/mol. The van der Waals surface area contributed by atoms with Gasteiger partial charge in [0.1, 0.15) is 11.8 Å². The van der Waals surface area contributed by atoms with E-state index < -0.39 is 17.9 Å². The van der Waals surface area contributed by atoms with Gasteiger partial charge in [0.25, 0.3) is 5.91 Å². The molecule has 1 amide bonds. The van der Waals surface area contributed by atoms with Gasteiger partial charge in [-0.2, -0.15) is 0 Å². The highest BCUT2D eigenvalue weighted by Gasteiger charge is 2.21. The first kappa shape index (κ1) is 14.6. The standard InChI is InChI=1S/C14H15N3O4/c1-21-11-4-2-3-9(5-11)13(18)17-12(14(19)20)6-10-7-15-8-16-10/h2-5,7-8,12H,6H2,1H3,(H,15,16)(H,17,18)(H,19,20)/t12-/m1/s1. The molecule has 2 rings (SSSR count). The molecule has 2 aromatic rings. The minimum Gasteiger partial charge on any atom is -0.497 e. The van der Waals surface area contributed by atoms with Gasteiger partial charge in [-0.15, -0.1) is 0 Å². The molecule has 0 aliphatic heterocycles. The lowest BCUT2D eigenvalue weighted by Crippen LogP contribution is -2.42. The number of ether oxygens (including phenoxy) is 1. The fourth-order valence-corrected chi connectivity index (χ4v) is 1.82. The number of hydrogen-bond acceptors (Lipinski definition) is 4. The second-order valence-electron chi connectivity index (χ2n) is 4.38. The lowest BCUT2D eigenvalue weighted by atomic mass is 10.1. The first-order chi connectivity index (χ1) is 10.1. The molecule has 0 aliphatic rings. The van der Waals surface area contributed by atoms with Gasteiger partial charge in [-0.1, -0.05) is 6.07 Å². The number of carboxylic acids is 1. The Hall–Kier alpha value is -2.83. The first-order valence-electron chi connectivity index (χ1n) is 6.25. The van der Waals surface area contributed by atoms with Gasteiger partial charge in [0.05, 0.1) is 13.4 Å². The lowest BCUT2D eigenvalue weighted by molar-refractivity contribution is -0.139. The zero-order chi connectivity index (χ0) is 15.2. The fourth-order valence-electron chi connectivity index (χ4n) is 1.82. The van der Waals surface area contributed by atoms with Crippen molar-refractivity contribution in [2.75, 3.05) is 7.11 Å². The molecule has 0 saturated carbocycles. The van der Waals surface area contributed by atoms with Crippen molar-refractivity contribution in [3.63, 3.8) is 0 Å². The summed E-state index contributed by atoms with van der Waals surface area (Å²) in [6.07, 6.45) is 3.11. The Morgan fingerprint density at radius 3 is 2.90 bits per heavy atom. The number of aromatic amines is 1. The zero-order valence-electron chi connectivity index (χ0n) is 11.4. The van der Waals surface area contributed by atoms with E-state index in [1.54, 1.807) is 24.3 Å². The third-order valence-corrected chi connectivity index (χ3v) is 2.91. The van der Waals surface area contributed by atoms with E-state index in [2.05, 4.69) is 15.3 Å². The Morgan fingerprint density at radius 1 is 1.48 bits per heavy atom. The molecule has 110 valence electrons. The number of aliphatic carboxylic acids is 1. The molecule has 0 spiro atoms. The number of imidazole rings is 1. The minimum atomic E-state index is -1.11. The number of aromatic nitrogens is 2. The second kappa shape index (κ2) is 6.56. The van der Waals surface area contributed by atoms with Crippen molar-refractivity contribution in [2.45, 2.75) is 12.5 Å². The number of carbonyl (C=O) groups is 2. The maximum Gasteiger partial charge on any atom is 0.326 e. The van der Waals surface area contributed by atoms with Gasteiger partial charge in [0.2, 0.25) is 0 Å². The van der Waals surface area contributed by atoms with Crippen molar-refractivity contribution >= 4 is 11.9 Å². The normalized spacial score (nSPS) is 11.7. The zero-order valence-corrected chi connectivity index (χ0v) is 11.4. The molecule has 0 fully saturated rings. The number of hydrogen-bond donors (Lipinski definition) is 3. The van der Waals surface area contributed by atoms with Crippen LogP contribution in [-0.2, 0) is 11.2 Å². The highest BCUT2D eigenvalue weighted by atomic mass is 16.5. The summed E-state index contributed by atoms with van der Waals surface area (Å²) >= 11 is 0. The molecule has 7 heteroatoms. The van der Waals surface area contributed by atoms with Crippen LogP contribution in [0.1, 0.15) is 16.1 Å². The van der Waals surface area contributed by atoms with E-state index >= 15 is 0 Å². The number of benzene rings is 1. The largest absolute Gasteiger partial charge is 0.497 e. The van der Waals surface area contributed by atoms with Crippen molar-refractivity contribution < 1.29 is 19.4 Å². The number of methoxy groups -OCH3 is 1. The Labute approximate surface area is 121 Å². The van der Waals surface area contributed by atoms with Gasteiger partial charge in [-0.25, -0.2) is 9.78 Å². The van der Waals surface area contributed by atoms with Gasteiger partial charge in [0, 0.05) is 23.9 Å². The molecular formula is C14H15N3O4. The highest BCUT2D eigenvalue weighted by molar-refractivity contribution is 5.96. The summed E-state index contributed by atoms with van der Waals surface area (Å²) in [7, 11) is 1.50. The van der Waals surface area contributed by atoms with Gasteiger partial charge < -0.3 is 20.1 Å². The summed E-state index contributed by atoms with van der Waals surface area (Å²) in [6, 6.07) is 5.47. The van der Waals surface area contributed by atoms with Crippen molar-refractivity contribution in [3.8, 4) is 5.75 Å². The predicted octanol–water partition coefficient (Wildman–Crippen LogP) is 0.844. The van der Waals surface area contributed by atoms with Crippen molar-refractivity contribution in [1.29, 1.82) is 0 Å². The fraction of sp³-hybridized carbons (Fsp3) is 0.214. The minimum absolute atomic E-state index is 0.130. The van der Waals surface area contributed by atoms with Gasteiger partial charge in [0.15, 0.2) is 0 Å². The number of nitrogens with one attached hydrogen (secondary N) is 2. The van der Waals surface area contributed by atoms with Crippen LogP contribution >= 0.6 is 0 Å². The predicted molar refractivity (Wildman–Crippen MR) is 74.2 cm³/mol. The topological polar surface area (TPSA) is 104 Å². The van der Waals surface area contributed by atoms with Crippen molar-refractivity contribution in [2.24, 2.45) is 0 Å². The van der Waals surface area contributed by atoms with Gasteiger partial charge >= 0.3 is 5.97 Å². The van der Waals surface area contributed by atoms with Crippen LogP contribution in [-0.4, -0.2) is 40.1 Å². The van der Waals surface area contributed by atoms with Crippen LogP contribution in [0.3, 0.4) is 0 Å². The van der Waals surface area contributed by atoms with Crippen LogP contribution in [0, 0.1) is 0 Å². The number of carbonyl (C=O) groups excluding carboxylic acids is 1. The van der Waals surface area contributed by atoms with Crippen LogP contribution in [0.25, 0.3) is 0 Å². The van der Waals surface area contributed by atoms with Gasteiger partial charge in [-0.3, -0.25) is 4.79 Å². The van der Waals surface area contributed by atoms with E-state index in [-0.39, 0.29) is 6.42 Å². The molecule has 0 saturated heterocycles. The average molecular weight is 289 g/mol. The van der Waals surface area contributed by atoms with Gasteiger partial charge in [-0.05, 0) is 18.2 Å². The van der Waals surface area contributed by atoms with Crippen LogP contribution < -0.4 is 10.1 Å². The third kappa shape index (κ3) is 3.82. The molecule has 0 radical (unpaired) electrons. The lowest BCUT2D eigenvalue weighted by Gasteiger charge is -2.14. The molecule has 3 N–H and O–H groups in total. The van der Waals surface area contributed by atoms with Crippen molar-refractivity contribution in [1.82, 2.24) is 15.3 Å². The summed E-state index contributed by atoms with van der Waals surface area (Å²) in [5, 5.41) is 11.7. The van der Waals surface area contributed by atoms with E-state index in [1.807, 2.05) is 0 Å². The van der Waals surface area contributed by atoms with E-state index in [1.165, 1.54) is 19.6 Å². The summed E-state index contributed by atoms with van der Waals surface area (Å²) in [5.41, 5.74) is 0.971. The number of nitrogens with zero attached hydrogens (tertiary/aromatic N) is 1. The quantitative estimate of drug-likeness (QED) is 0.731. The summed E-state index contributed by atoms with van der Waals surface area (Å²) in [5.74, 6) is -1.05. The van der Waals surface area contributed by atoms with Crippen LogP contribution in [0.15, 0.2) is 36.8 Å². The molecule has 1 aromatic carbocycles. The van der Waals surface area contributed by atoms with Crippen LogP contribution in [0.4, 0.5) is 0 Å². The van der Waals surface area contributed by atoms with Crippen molar-refractivity contribution in [3.05, 3.63) is 48.0 Å². The van der Waals surface area contributed by atoms with E-state index in [9.17, 15) is 14.7 Å². The molecule has 0 aliphatic carbocycles. The Morgan fingerprint density at radius 2 is 2.29 bits per heavy atom. The Balaban J connectivity index is 2.08. The first-order valence-corrected chi connectivity index (χ1v) is 6.25. The molecule has 21 heavy (non-hydrogen) atoms. The number of amides is 1. The Kier molecular flexibility index (Phi) is 4.55. The third-order valence-electron chi connectivity index (χ3n) is 2.91. The van der Waals surface area contributed by atoms with E-state index in [4.69, 9.17) is 4.74 Å². The summed E-state index contributed by atoms with van der Waals surface area (Å²) in [6.45, 7) is 0. The molecule has 0 bridgehead atoms. The number of H-pyrrole nitrogens is 1. The molecule has 1 heterocycles. The average Bonchev–Trinajstić information content (AvgIpc) is 2.99. The van der Waals surface area contributed by atoms with E-state index in [0.717, 1.165) is 0 Å². The number of rotatable bonds is 6. The van der Waals surface area contributed by atoms with Crippen LogP contribution in [0.2, 0.25) is 0 Å². The Bertz CT molecular complexity index is 625. The molecule has 1 atom stereocenters. The highest BCUT2D eigenvalue weighted by Crippen LogP contribution is 2.12. The molecule has 7 nitrogen and oxygen atoms in total.